The van der Waals surface area contributed by atoms with Gasteiger partial charge < -0.3 is 4.90 Å². The van der Waals surface area contributed by atoms with Crippen molar-refractivity contribution in [2.45, 2.75) is 25.2 Å². The zero-order chi connectivity index (χ0) is 18.1. The third kappa shape index (κ3) is 2.60. The van der Waals surface area contributed by atoms with E-state index in [-0.39, 0.29) is 0 Å². The first-order chi connectivity index (χ1) is 12.6. The Bertz CT molecular complexity index is 908. The fourth-order valence-electron chi connectivity index (χ4n) is 3.66. The van der Waals surface area contributed by atoms with Gasteiger partial charge in [-0.3, -0.25) is 4.79 Å². The van der Waals surface area contributed by atoms with Crippen LogP contribution in [-0.2, 0) is 17.0 Å². The molecule has 1 saturated heterocycles. The van der Waals surface area contributed by atoms with Crippen LogP contribution in [-0.4, -0.2) is 10.8 Å². The normalized spacial score (nSPS) is 22.2. The number of amides is 1. The third-order valence-corrected chi connectivity index (χ3v) is 5.04. The molecule has 0 aliphatic carbocycles. The van der Waals surface area contributed by atoms with Gasteiger partial charge in [0.25, 0.3) is 5.91 Å². The molecule has 2 nitrogen and oxygen atoms in total. The second kappa shape index (κ2) is 6.41. The molecule has 1 heterocycles. The van der Waals surface area contributed by atoms with Gasteiger partial charge in [-0.05, 0) is 18.1 Å². The lowest BCUT2D eigenvalue weighted by Gasteiger charge is -2.51. The van der Waals surface area contributed by atoms with E-state index in [2.05, 4.69) is 0 Å². The maximum atomic E-state index is 16.1. The number of aryl methyl sites for hydroxylation is 1. The van der Waals surface area contributed by atoms with Crippen LogP contribution in [0.4, 0.5) is 4.39 Å². The van der Waals surface area contributed by atoms with Crippen LogP contribution in [0.2, 0.25) is 0 Å². The molecule has 0 bridgehead atoms. The van der Waals surface area contributed by atoms with Crippen LogP contribution < -0.4 is 0 Å². The molecule has 3 aromatic rings. The quantitative estimate of drug-likeness (QED) is 0.613. The minimum Gasteiger partial charge on any atom is -0.324 e. The molecule has 0 unspecified atom stereocenters. The van der Waals surface area contributed by atoms with Crippen LogP contribution in [0.5, 0.6) is 0 Å². The number of carbonyl (C=O) groups is 1. The number of halogens is 1. The van der Waals surface area contributed by atoms with Gasteiger partial charge in [-0.1, -0.05) is 90.5 Å². The molecule has 1 amide bonds. The summed E-state index contributed by atoms with van der Waals surface area (Å²) in [5.74, 6) is -0.473. The zero-order valence-corrected chi connectivity index (χ0v) is 14.6. The molecule has 3 heteroatoms. The number of alkyl halides is 1. The summed E-state index contributed by atoms with van der Waals surface area (Å²) in [5, 5.41) is 0. The second-order valence-electron chi connectivity index (χ2n) is 6.81. The molecular weight excluding hydrogens is 325 g/mol. The van der Waals surface area contributed by atoms with E-state index in [0.717, 1.165) is 16.7 Å². The second-order valence-corrected chi connectivity index (χ2v) is 6.81. The average Bonchev–Trinajstić information content (AvgIpc) is 2.69. The molecule has 2 atom stereocenters. The largest absolute Gasteiger partial charge is 0.324 e. The summed E-state index contributed by atoms with van der Waals surface area (Å²) in [6.07, 6.45) is 0. The van der Waals surface area contributed by atoms with Gasteiger partial charge in [-0.15, -0.1) is 0 Å². The molecule has 1 aliphatic rings. The highest BCUT2D eigenvalue weighted by Crippen LogP contribution is 2.53. The zero-order valence-electron chi connectivity index (χ0n) is 14.6. The van der Waals surface area contributed by atoms with Gasteiger partial charge in [0.05, 0.1) is 0 Å². The summed E-state index contributed by atoms with van der Waals surface area (Å²) >= 11 is 0. The van der Waals surface area contributed by atoms with Crippen LogP contribution in [0.15, 0.2) is 84.9 Å². The van der Waals surface area contributed by atoms with E-state index in [9.17, 15) is 4.79 Å². The van der Waals surface area contributed by atoms with Gasteiger partial charge in [0.2, 0.25) is 5.67 Å². The Labute approximate surface area is 152 Å². The number of hydrogen-bond acceptors (Lipinski definition) is 1. The summed E-state index contributed by atoms with van der Waals surface area (Å²) in [6, 6.07) is 25.7. The molecule has 4 rings (SSSR count). The van der Waals surface area contributed by atoms with Crippen LogP contribution in [0.3, 0.4) is 0 Å². The number of benzene rings is 3. The van der Waals surface area contributed by atoms with Gasteiger partial charge in [-0.25, -0.2) is 4.39 Å². The monoisotopic (exact) mass is 345 g/mol. The van der Waals surface area contributed by atoms with Crippen molar-refractivity contribution in [2.75, 3.05) is 0 Å². The van der Waals surface area contributed by atoms with Crippen molar-refractivity contribution in [1.29, 1.82) is 0 Å². The topological polar surface area (TPSA) is 20.3 Å². The summed E-state index contributed by atoms with van der Waals surface area (Å²) in [4.78, 5) is 14.5. The SMILES string of the molecule is Cc1ccc([C@@]2(F)C(=O)N(Cc3ccccc3)[C@@H]2c2ccccc2)cc1. The number of likely N-dealkylation sites (tertiary alicyclic amines) is 1. The molecular formula is C23H20FNO. The van der Waals surface area contributed by atoms with E-state index in [0.29, 0.717) is 12.1 Å². The van der Waals surface area contributed by atoms with E-state index < -0.39 is 17.6 Å². The lowest BCUT2D eigenvalue weighted by Crippen LogP contribution is -2.63. The van der Waals surface area contributed by atoms with Crippen molar-refractivity contribution in [1.82, 2.24) is 4.90 Å². The van der Waals surface area contributed by atoms with Crippen molar-refractivity contribution in [3.05, 3.63) is 107 Å². The Hall–Kier alpha value is -2.94. The van der Waals surface area contributed by atoms with E-state index in [1.807, 2.05) is 79.7 Å². The molecule has 0 spiro atoms. The fourth-order valence-corrected chi connectivity index (χ4v) is 3.66. The highest BCUT2D eigenvalue weighted by molar-refractivity contribution is 5.94. The Morgan fingerprint density at radius 3 is 2.08 bits per heavy atom. The van der Waals surface area contributed by atoms with Crippen molar-refractivity contribution in [3.8, 4) is 0 Å². The molecule has 0 aromatic heterocycles. The average molecular weight is 345 g/mol. The summed E-state index contributed by atoms with van der Waals surface area (Å²) < 4.78 is 16.1. The molecule has 1 aliphatic heterocycles. The number of nitrogens with zero attached hydrogens (tertiary/aromatic N) is 1. The van der Waals surface area contributed by atoms with Gasteiger partial charge >= 0.3 is 0 Å². The van der Waals surface area contributed by atoms with E-state index in [1.54, 1.807) is 17.0 Å². The maximum Gasteiger partial charge on any atom is 0.268 e. The van der Waals surface area contributed by atoms with Crippen molar-refractivity contribution < 1.29 is 9.18 Å². The number of rotatable bonds is 4. The summed E-state index contributed by atoms with van der Waals surface area (Å²) in [7, 11) is 0. The molecule has 26 heavy (non-hydrogen) atoms. The molecule has 0 saturated carbocycles. The van der Waals surface area contributed by atoms with E-state index in [4.69, 9.17) is 0 Å². The predicted molar refractivity (Wildman–Crippen MR) is 100 cm³/mol. The van der Waals surface area contributed by atoms with E-state index in [1.165, 1.54) is 0 Å². The maximum absolute atomic E-state index is 16.1. The Balaban J connectivity index is 1.74. The highest BCUT2D eigenvalue weighted by Gasteiger charge is 2.63. The van der Waals surface area contributed by atoms with Crippen molar-refractivity contribution in [2.24, 2.45) is 0 Å². The first kappa shape index (κ1) is 16.5. The highest BCUT2D eigenvalue weighted by atomic mass is 19.1. The molecule has 1 fully saturated rings. The minimum absolute atomic E-state index is 0.400. The van der Waals surface area contributed by atoms with Crippen LogP contribution in [0.25, 0.3) is 0 Å². The minimum atomic E-state index is -2.02. The Kier molecular flexibility index (Phi) is 4.08. The van der Waals surface area contributed by atoms with E-state index >= 15 is 4.39 Å². The van der Waals surface area contributed by atoms with Crippen molar-refractivity contribution >= 4 is 5.91 Å². The Morgan fingerprint density at radius 2 is 1.46 bits per heavy atom. The van der Waals surface area contributed by atoms with Gasteiger partial charge in [0, 0.05) is 12.1 Å². The van der Waals surface area contributed by atoms with Crippen LogP contribution in [0, 0.1) is 6.92 Å². The Morgan fingerprint density at radius 1 is 0.885 bits per heavy atom. The first-order valence-corrected chi connectivity index (χ1v) is 8.76. The molecule has 0 radical (unpaired) electrons. The summed E-state index contributed by atoms with van der Waals surface area (Å²) in [6.45, 7) is 2.35. The van der Waals surface area contributed by atoms with Gasteiger partial charge in [0.15, 0.2) is 0 Å². The fraction of sp³-hybridized carbons (Fsp3) is 0.174. The van der Waals surface area contributed by atoms with Crippen LogP contribution in [0.1, 0.15) is 28.3 Å². The first-order valence-electron chi connectivity index (χ1n) is 8.76. The van der Waals surface area contributed by atoms with Crippen molar-refractivity contribution in [3.63, 3.8) is 0 Å². The van der Waals surface area contributed by atoms with Crippen LogP contribution >= 0.6 is 0 Å². The lowest BCUT2D eigenvalue weighted by molar-refractivity contribution is -0.181. The molecule has 130 valence electrons. The predicted octanol–water partition coefficient (Wildman–Crippen LogP) is 4.94. The lowest BCUT2D eigenvalue weighted by atomic mass is 9.74. The van der Waals surface area contributed by atoms with Gasteiger partial charge in [0.1, 0.15) is 6.04 Å². The smallest absolute Gasteiger partial charge is 0.268 e. The number of carbonyl (C=O) groups excluding carboxylic acids is 1. The van der Waals surface area contributed by atoms with Gasteiger partial charge in [-0.2, -0.15) is 0 Å². The molecule has 3 aromatic carbocycles. The summed E-state index contributed by atoms with van der Waals surface area (Å²) in [5.41, 5.74) is 1.25. The standard InChI is InChI=1S/C23H20FNO/c1-17-12-14-20(15-13-17)23(24)21(19-10-6-3-7-11-19)25(22(23)26)16-18-8-4-2-5-9-18/h2-15,21H,16H2,1H3/t21-,23+/m1/s1. The number of hydrogen-bond donors (Lipinski definition) is 0. The third-order valence-electron chi connectivity index (χ3n) is 5.04. The number of β-lactam (4-membered cyclic amide) rings is 1. The molecule has 0 N–H and O–H groups in total.